The smallest absolute Gasteiger partial charge is 0.141 e. The van der Waals surface area contributed by atoms with Gasteiger partial charge in [0.15, 0.2) is 0 Å². The maximum absolute atomic E-state index is 6.10. The summed E-state index contributed by atoms with van der Waals surface area (Å²) in [6.07, 6.45) is 0. The lowest BCUT2D eigenvalue weighted by Gasteiger charge is -2.09. The van der Waals surface area contributed by atoms with Crippen LogP contribution in [-0.2, 0) is 6.54 Å². The van der Waals surface area contributed by atoms with E-state index in [1.54, 1.807) is 12.1 Å². The van der Waals surface area contributed by atoms with E-state index >= 15 is 0 Å². The van der Waals surface area contributed by atoms with Crippen molar-refractivity contribution < 1.29 is 0 Å². The van der Waals surface area contributed by atoms with Crippen LogP contribution in [0.5, 0.6) is 0 Å². The first kappa shape index (κ1) is 14.3. The quantitative estimate of drug-likeness (QED) is 0.726. The Kier molecular flexibility index (Phi) is 3.85. The van der Waals surface area contributed by atoms with Gasteiger partial charge >= 0.3 is 0 Å². The molecule has 0 unspecified atom stereocenters. The molecule has 0 spiro atoms. The molecule has 6 heteroatoms. The summed E-state index contributed by atoms with van der Waals surface area (Å²) < 4.78 is 1.98. The van der Waals surface area contributed by atoms with Crippen molar-refractivity contribution in [2.75, 3.05) is 0 Å². The Morgan fingerprint density at radius 1 is 1.14 bits per heavy atom. The Labute approximate surface area is 137 Å². The van der Waals surface area contributed by atoms with Gasteiger partial charge in [-0.05, 0) is 30.3 Å². The molecule has 0 saturated carbocycles. The van der Waals surface area contributed by atoms with Crippen LogP contribution in [0.4, 0.5) is 0 Å². The molecule has 3 rings (SSSR count). The fourth-order valence-corrected chi connectivity index (χ4v) is 2.67. The number of benzene rings is 2. The minimum atomic E-state index is 0.402. The molecule has 106 valence electrons. The summed E-state index contributed by atoms with van der Waals surface area (Å²) in [5.74, 6) is 0.766. The van der Waals surface area contributed by atoms with Gasteiger partial charge < -0.3 is 10.3 Å². The number of rotatable bonds is 3. The Morgan fingerprint density at radius 2 is 1.90 bits per heavy atom. The average molecular weight is 336 g/mol. The largest absolute Gasteiger partial charge is 0.392 e. The Balaban J connectivity index is 2.25. The molecule has 21 heavy (non-hydrogen) atoms. The van der Waals surface area contributed by atoms with Gasteiger partial charge in [0.05, 0.1) is 32.6 Å². The molecule has 0 aliphatic carbocycles. The van der Waals surface area contributed by atoms with Crippen molar-refractivity contribution in [2.45, 2.75) is 6.54 Å². The van der Waals surface area contributed by atoms with Crippen molar-refractivity contribution in [3.8, 4) is 11.4 Å². The van der Waals surface area contributed by atoms with E-state index in [0.29, 0.717) is 21.6 Å². The van der Waals surface area contributed by atoms with Crippen molar-refractivity contribution in [3.63, 3.8) is 0 Å². The standard InChI is InChI=1S/C15H11Cl2N3S/c16-10-6-5-9(7-11(10)17)15-19-12-3-1-2-4-13(12)20(15)8-14(18)21/h1-7H,8H2,(H2,18,21). The van der Waals surface area contributed by atoms with Crippen molar-refractivity contribution in [1.29, 1.82) is 0 Å². The summed E-state index contributed by atoms with van der Waals surface area (Å²) >= 11 is 17.1. The number of aromatic nitrogens is 2. The highest BCUT2D eigenvalue weighted by molar-refractivity contribution is 7.80. The number of nitrogens with two attached hydrogens (primary N) is 1. The molecule has 0 aliphatic heterocycles. The van der Waals surface area contributed by atoms with Crippen LogP contribution in [0.3, 0.4) is 0 Å². The molecule has 0 saturated heterocycles. The SMILES string of the molecule is NC(=S)Cn1c(-c2ccc(Cl)c(Cl)c2)nc2ccccc21. The van der Waals surface area contributed by atoms with Crippen LogP contribution in [0, 0.1) is 0 Å². The Bertz CT molecular complexity index is 842. The highest BCUT2D eigenvalue weighted by Crippen LogP contribution is 2.30. The number of imidazole rings is 1. The number of fused-ring (bicyclic) bond motifs is 1. The molecule has 0 fully saturated rings. The number of hydrogen-bond acceptors (Lipinski definition) is 2. The van der Waals surface area contributed by atoms with E-state index in [1.165, 1.54) is 0 Å². The monoisotopic (exact) mass is 335 g/mol. The number of halogens is 2. The van der Waals surface area contributed by atoms with Crippen LogP contribution in [0.15, 0.2) is 42.5 Å². The number of hydrogen-bond donors (Lipinski definition) is 1. The van der Waals surface area contributed by atoms with Crippen molar-refractivity contribution in [2.24, 2.45) is 5.73 Å². The molecule has 0 radical (unpaired) electrons. The molecular formula is C15H11Cl2N3S. The fraction of sp³-hybridized carbons (Fsp3) is 0.0667. The first-order valence-corrected chi connectivity index (χ1v) is 7.41. The van der Waals surface area contributed by atoms with E-state index in [2.05, 4.69) is 4.98 Å². The minimum Gasteiger partial charge on any atom is -0.392 e. The predicted molar refractivity (Wildman–Crippen MR) is 92.0 cm³/mol. The second-order valence-electron chi connectivity index (χ2n) is 4.61. The molecule has 2 N–H and O–H groups in total. The maximum Gasteiger partial charge on any atom is 0.141 e. The molecule has 1 aromatic heterocycles. The third-order valence-electron chi connectivity index (χ3n) is 3.15. The van der Waals surface area contributed by atoms with Gasteiger partial charge in [-0.3, -0.25) is 0 Å². The van der Waals surface area contributed by atoms with Crippen LogP contribution in [0.2, 0.25) is 10.0 Å². The number of thiocarbonyl (C=S) groups is 1. The molecule has 3 nitrogen and oxygen atoms in total. The molecule has 3 aromatic rings. The van der Waals surface area contributed by atoms with Gasteiger partial charge in [0.2, 0.25) is 0 Å². The van der Waals surface area contributed by atoms with Crippen molar-refractivity contribution in [3.05, 3.63) is 52.5 Å². The molecule has 0 bridgehead atoms. The van der Waals surface area contributed by atoms with Crippen LogP contribution in [-0.4, -0.2) is 14.5 Å². The Morgan fingerprint density at radius 3 is 2.62 bits per heavy atom. The summed E-state index contributed by atoms with van der Waals surface area (Å²) in [7, 11) is 0. The normalized spacial score (nSPS) is 11.0. The van der Waals surface area contributed by atoms with Gasteiger partial charge in [-0.1, -0.05) is 47.6 Å². The van der Waals surface area contributed by atoms with Crippen molar-refractivity contribution >= 4 is 51.4 Å². The highest BCUT2D eigenvalue weighted by atomic mass is 35.5. The second kappa shape index (κ2) is 5.64. The molecule has 1 heterocycles. The molecule has 0 amide bonds. The predicted octanol–water partition coefficient (Wildman–Crippen LogP) is 4.30. The van der Waals surface area contributed by atoms with E-state index in [9.17, 15) is 0 Å². The van der Waals surface area contributed by atoms with Gasteiger partial charge in [-0.15, -0.1) is 0 Å². The summed E-state index contributed by atoms with van der Waals surface area (Å²) in [4.78, 5) is 5.06. The lowest BCUT2D eigenvalue weighted by Crippen LogP contribution is -2.17. The van der Waals surface area contributed by atoms with E-state index in [1.807, 2.05) is 34.9 Å². The zero-order chi connectivity index (χ0) is 15.0. The lowest BCUT2D eigenvalue weighted by molar-refractivity contribution is 0.895. The minimum absolute atomic E-state index is 0.402. The van der Waals surface area contributed by atoms with Gasteiger partial charge in [-0.2, -0.15) is 0 Å². The van der Waals surface area contributed by atoms with Gasteiger partial charge in [0, 0.05) is 5.56 Å². The van der Waals surface area contributed by atoms with Crippen LogP contribution in [0.25, 0.3) is 22.4 Å². The molecule has 0 atom stereocenters. The average Bonchev–Trinajstić information content (AvgIpc) is 2.80. The van der Waals surface area contributed by atoms with Crippen LogP contribution in [0.1, 0.15) is 0 Å². The summed E-state index contributed by atoms with van der Waals surface area (Å²) in [5.41, 5.74) is 8.45. The second-order valence-corrected chi connectivity index (χ2v) is 5.94. The van der Waals surface area contributed by atoms with E-state index in [-0.39, 0.29) is 0 Å². The van der Waals surface area contributed by atoms with E-state index in [0.717, 1.165) is 22.4 Å². The summed E-state index contributed by atoms with van der Waals surface area (Å²) in [6.45, 7) is 0.422. The first-order chi connectivity index (χ1) is 10.1. The zero-order valence-corrected chi connectivity index (χ0v) is 13.2. The highest BCUT2D eigenvalue weighted by Gasteiger charge is 2.13. The van der Waals surface area contributed by atoms with Crippen molar-refractivity contribution in [1.82, 2.24) is 9.55 Å². The summed E-state index contributed by atoms with van der Waals surface area (Å²) in [6, 6.07) is 13.3. The van der Waals surface area contributed by atoms with Crippen LogP contribution >= 0.6 is 35.4 Å². The fourth-order valence-electron chi connectivity index (χ4n) is 2.25. The van der Waals surface area contributed by atoms with E-state index in [4.69, 9.17) is 41.2 Å². The van der Waals surface area contributed by atoms with Gasteiger partial charge in [0.1, 0.15) is 5.82 Å². The first-order valence-electron chi connectivity index (χ1n) is 6.25. The maximum atomic E-state index is 6.10. The molecule has 0 aliphatic rings. The Hall–Kier alpha value is -1.62. The number of nitrogens with zero attached hydrogens (tertiary/aromatic N) is 2. The van der Waals surface area contributed by atoms with E-state index < -0.39 is 0 Å². The summed E-state index contributed by atoms with van der Waals surface area (Å²) in [5, 5.41) is 1.00. The lowest BCUT2D eigenvalue weighted by atomic mass is 10.2. The third kappa shape index (κ3) is 2.75. The third-order valence-corrected chi connectivity index (χ3v) is 4.01. The molecular weight excluding hydrogens is 325 g/mol. The zero-order valence-electron chi connectivity index (χ0n) is 10.9. The van der Waals surface area contributed by atoms with Crippen LogP contribution < -0.4 is 5.73 Å². The molecule has 2 aromatic carbocycles. The van der Waals surface area contributed by atoms with Gasteiger partial charge in [0.25, 0.3) is 0 Å². The topological polar surface area (TPSA) is 43.8 Å². The van der Waals surface area contributed by atoms with Gasteiger partial charge in [-0.25, -0.2) is 4.98 Å². The number of para-hydroxylation sites is 2.